The number of carbonyl (C=O) groups excluding carboxylic acids is 1. The molecule has 5 nitrogen and oxygen atoms in total. The molecule has 1 amide bonds. The Kier molecular flexibility index (Phi) is 4.40. The lowest BCUT2D eigenvalue weighted by Crippen LogP contribution is -2.13. The van der Waals surface area contributed by atoms with E-state index in [-0.39, 0.29) is 5.91 Å². The normalized spacial score (nSPS) is 11.8. The molecule has 0 bridgehead atoms. The SMILES string of the molecule is COc1ccc(OC)c2c1sc(=NC(=O)c1ccc(C)cc1)n2C. The summed E-state index contributed by atoms with van der Waals surface area (Å²) in [4.78, 5) is 17.3. The van der Waals surface area contributed by atoms with Crippen LogP contribution in [0.4, 0.5) is 0 Å². The van der Waals surface area contributed by atoms with E-state index in [2.05, 4.69) is 4.99 Å². The van der Waals surface area contributed by atoms with Crippen LogP contribution in [-0.2, 0) is 7.05 Å². The molecule has 0 aliphatic rings. The maximum absolute atomic E-state index is 12.4. The van der Waals surface area contributed by atoms with E-state index in [1.807, 2.05) is 42.8 Å². The van der Waals surface area contributed by atoms with Crippen LogP contribution >= 0.6 is 11.3 Å². The number of aryl methyl sites for hydroxylation is 2. The lowest BCUT2D eigenvalue weighted by molar-refractivity contribution is 0.0998. The molecule has 0 saturated heterocycles. The first kappa shape index (κ1) is 16.3. The second-order valence-electron chi connectivity index (χ2n) is 5.37. The molecule has 2 aromatic carbocycles. The average molecular weight is 342 g/mol. The minimum atomic E-state index is -0.268. The van der Waals surface area contributed by atoms with Gasteiger partial charge in [-0.2, -0.15) is 4.99 Å². The Morgan fingerprint density at radius 2 is 1.67 bits per heavy atom. The van der Waals surface area contributed by atoms with Crippen molar-refractivity contribution in [1.82, 2.24) is 4.57 Å². The fourth-order valence-electron chi connectivity index (χ4n) is 2.48. The molecule has 0 saturated carbocycles. The predicted molar refractivity (Wildman–Crippen MR) is 95.0 cm³/mol. The molecule has 1 heterocycles. The molecule has 0 spiro atoms. The number of hydrogen-bond donors (Lipinski definition) is 0. The fraction of sp³-hybridized carbons (Fsp3) is 0.222. The van der Waals surface area contributed by atoms with Crippen LogP contribution in [0.1, 0.15) is 15.9 Å². The van der Waals surface area contributed by atoms with Gasteiger partial charge in [0.1, 0.15) is 21.7 Å². The highest BCUT2D eigenvalue weighted by molar-refractivity contribution is 7.16. The quantitative estimate of drug-likeness (QED) is 0.734. The molecule has 0 radical (unpaired) electrons. The van der Waals surface area contributed by atoms with Crippen LogP contribution in [0.15, 0.2) is 41.4 Å². The molecule has 0 aliphatic heterocycles. The molecule has 124 valence electrons. The van der Waals surface area contributed by atoms with Crippen LogP contribution in [-0.4, -0.2) is 24.7 Å². The minimum Gasteiger partial charge on any atom is -0.495 e. The summed E-state index contributed by atoms with van der Waals surface area (Å²) in [6.07, 6.45) is 0. The summed E-state index contributed by atoms with van der Waals surface area (Å²) in [5, 5.41) is 0. The molecule has 24 heavy (non-hydrogen) atoms. The standard InChI is InChI=1S/C18H18N2O3S/c1-11-5-7-12(8-6-11)17(21)19-18-20(2)15-13(22-3)9-10-14(23-4)16(15)24-18/h5-10H,1-4H3. The molecular weight excluding hydrogens is 324 g/mol. The number of thiazole rings is 1. The number of amides is 1. The number of benzene rings is 2. The highest BCUT2D eigenvalue weighted by Gasteiger charge is 2.14. The van der Waals surface area contributed by atoms with E-state index < -0.39 is 0 Å². The van der Waals surface area contributed by atoms with Gasteiger partial charge in [0, 0.05) is 12.6 Å². The lowest BCUT2D eigenvalue weighted by Gasteiger charge is -2.06. The summed E-state index contributed by atoms with van der Waals surface area (Å²) in [6, 6.07) is 11.1. The molecule has 6 heteroatoms. The third-order valence-corrected chi connectivity index (χ3v) is 4.96. The van der Waals surface area contributed by atoms with Crippen LogP contribution in [0, 0.1) is 6.92 Å². The number of hydrogen-bond acceptors (Lipinski definition) is 4. The molecule has 3 rings (SSSR count). The molecule has 0 unspecified atom stereocenters. The van der Waals surface area contributed by atoms with Crippen LogP contribution in [0.2, 0.25) is 0 Å². The van der Waals surface area contributed by atoms with Crippen molar-refractivity contribution in [2.24, 2.45) is 12.0 Å². The maximum atomic E-state index is 12.4. The van der Waals surface area contributed by atoms with Crippen molar-refractivity contribution in [2.75, 3.05) is 14.2 Å². The van der Waals surface area contributed by atoms with E-state index in [1.165, 1.54) is 11.3 Å². The van der Waals surface area contributed by atoms with E-state index in [0.29, 0.717) is 16.1 Å². The van der Waals surface area contributed by atoms with Crippen LogP contribution < -0.4 is 14.3 Å². The molecular formula is C18H18N2O3S. The number of rotatable bonds is 3. The van der Waals surface area contributed by atoms with Crippen molar-refractivity contribution < 1.29 is 14.3 Å². The maximum Gasteiger partial charge on any atom is 0.279 e. The van der Waals surface area contributed by atoms with E-state index in [9.17, 15) is 4.79 Å². The van der Waals surface area contributed by atoms with Gasteiger partial charge in [-0.15, -0.1) is 0 Å². The Morgan fingerprint density at radius 1 is 1.04 bits per heavy atom. The Labute approximate surface area is 143 Å². The third kappa shape index (κ3) is 2.80. The minimum absolute atomic E-state index is 0.268. The zero-order valence-corrected chi connectivity index (χ0v) is 14.8. The largest absolute Gasteiger partial charge is 0.495 e. The predicted octanol–water partition coefficient (Wildman–Crippen LogP) is 3.31. The summed E-state index contributed by atoms with van der Waals surface area (Å²) in [6.45, 7) is 1.98. The van der Waals surface area contributed by atoms with Gasteiger partial charge in [-0.25, -0.2) is 0 Å². The summed E-state index contributed by atoms with van der Waals surface area (Å²) >= 11 is 1.40. The number of methoxy groups -OCH3 is 2. The van der Waals surface area contributed by atoms with Crippen molar-refractivity contribution >= 4 is 27.5 Å². The number of ether oxygens (including phenoxy) is 2. The van der Waals surface area contributed by atoms with Gasteiger partial charge in [0.2, 0.25) is 0 Å². The first-order valence-corrected chi connectivity index (χ1v) is 8.23. The Balaban J connectivity index is 2.17. The Morgan fingerprint density at radius 3 is 2.29 bits per heavy atom. The molecule has 0 aliphatic carbocycles. The first-order valence-electron chi connectivity index (χ1n) is 7.41. The summed E-state index contributed by atoms with van der Waals surface area (Å²) in [5.74, 6) is 1.18. The number of carbonyl (C=O) groups is 1. The van der Waals surface area contributed by atoms with Crippen LogP contribution in [0.5, 0.6) is 11.5 Å². The third-order valence-electron chi connectivity index (χ3n) is 3.81. The zero-order valence-electron chi connectivity index (χ0n) is 14.0. The van der Waals surface area contributed by atoms with Gasteiger partial charge in [0.15, 0.2) is 4.80 Å². The first-order chi connectivity index (χ1) is 11.5. The van der Waals surface area contributed by atoms with Gasteiger partial charge >= 0.3 is 0 Å². The molecule has 0 fully saturated rings. The summed E-state index contributed by atoms with van der Waals surface area (Å²) < 4.78 is 13.6. The van der Waals surface area contributed by atoms with Crippen molar-refractivity contribution in [1.29, 1.82) is 0 Å². The fourth-order valence-corrected chi connectivity index (χ4v) is 3.60. The molecule has 0 atom stereocenters. The smallest absolute Gasteiger partial charge is 0.279 e. The van der Waals surface area contributed by atoms with Crippen LogP contribution in [0.3, 0.4) is 0 Å². The van der Waals surface area contributed by atoms with Crippen LogP contribution in [0.25, 0.3) is 10.2 Å². The van der Waals surface area contributed by atoms with Crippen molar-refractivity contribution in [2.45, 2.75) is 6.92 Å². The van der Waals surface area contributed by atoms with E-state index in [4.69, 9.17) is 9.47 Å². The van der Waals surface area contributed by atoms with E-state index >= 15 is 0 Å². The lowest BCUT2D eigenvalue weighted by atomic mass is 10.1. The summed E-state index contributed by atoms with van der Waals surface area (Å²) in [7, 11) is 5.10. The monoisotopic (exact) mass is 342 g/mol. The number of nitrogens with zero attached hydrogens (tertiary/aromatic N) is 2. The average Bonchev–Trinajstić information content (AvgIpc) is 2.91. The molecule has 0 N–H and O–H groups in total. The van der Waals surface area contributed by atoms with E-state index in [0.717, 1.165) is 21.5 Å². The van der Waals surface area contributed by atoms with Gasteiger partial charge < -0.3 is 14.0 Å². The highest BCUT2D eigenvalue weighted by Crippen LogP contribution is 2.34. The Hall–Kier alpha value is -2.60. The van der Waals surface area contributed by atoms with Gasteiger partial charge in [-0.05, 0) is 31.2 Å². The Bertz CT molecular complexity index is 968. The summed E-state index contributed by atoms with van der Waals surface area (Å²) in [5.41, 5.74) is 2.53. The number of aromatic nitrogens is 1. The van der Waals surface area contributed by atoms with Gasteiger partial charge in [0.25, 0.3) is 5.91 Å². The van der Waals surface area contributed by atoms with Crippen molar-refractivity contribution in [3.05, 3.63) is 52.3 Å². The van der Waals surface area contributed by atoms with E-state index in [1.54, 1.807) is 26.4 Å². The second-order valence-corrected chi connectivity index (χ2v) is 6.35. The zero-order chi connectivity index (χ0) is 17.3. The molecule has 3 aromatic rings. The van der Waals surface area contributed by atoms with Crippen molar-refractivity contribution in [3.63, 3.8) is 0 Å². The molecule has 1 aromatic heterocycles. The number of fused-ring (bicyclic) bond motifs is 1. The van der Waals surface area contributed by atoms with Crippen molar-refractivity contribution in [3.8, 4) is 11.5 Å². The van der Waals surface area contributed by atoms with Gasteiger partial charge in [0.05, 0.1) is 14.2 Å². The second kappa shape index (κ2) is 6.49. The topological polar surface area (TPSA) is 52.8 Å². The highest BCUT2D eigenvalue weighted by atomic mass is 32.1. The van der Waals surface area contributed by atoms with Gasteiger partial charge in [-0.1, -0.05) is 29.0 Å². The van der Waals surface area contributed by atoms with Gasteiger partial charge in [-0.3, -0.25) is 4.79 Å².